The number of nitrogens with zero attached hydrogens (tertiary/aromatic N) is 7. The van der Waals surface area contributed by atoms with Gasteiger partial charge in [0.15, 0.2) is 23.0 Å². The smallest absolute Gasteiger partial charge is 0.748 e. The molecule has 0 aliphatic carbocycles. The number of aryl methyl sites for hydroxylation is 2. The molecule has 104 heavy (non-hydrogen) atoms. The Bertz CT molecular complexity index is 4630. The van der Waals surface area contributed by atoms with E-state index in [0.29, 0.717) is 125 Å². The average molecular weight is 1550 g/mol. The van der Waals surface area contributed by atoms with Crippen LogP contribution >= 0.6 is 0 Å². The largest absolute Gasteiger partial charge is 1.00 e. The first-order chi connectivity index (χ1) is 48.1. The number of carboxylic acid groups (broad SMARTS) is 1. The number of hydrogen-bond donors (Lipinski definition) is 2. The van der Waals surface area contributed by atoms with Gasteiger partial charge in [-0.1, -0.05) is 0 Å². The first-order valence-corrected chi connectivity index (χ1v) is 40.7. The monoisotopic (exact) mass is 1550 g/mol. The number of ether oxygens (including phenoxy) is 2. The van der Waals surface area contributed by atoms with E-state index in [1.807, 2.05) is 61.4 Å². The van der Waals surface area contributed by atoms with Crippen molar-refractivity contribution in [2.45, 2.75) is 187 Å². The van der Waals surface area contributed by atoms with Crippen molar-refractivity contribution in [2.75, 3.05) is 85.8 Å². The minimum atomic E-state index is -4.59. The summed E-state index contributed by atoms with van der Waals surface area (Å²) in [4.78, 5) is 67.9. The van der Waals surface area contributed by atoms with Gasteiger partial charge in [0, 0.05) is 145 Å². The van der Waals surface area contributed by atoms with Crippen LogP contribution in [0, 0.1) is 0 Å². The Morgan fingerprint density at radius 2 is 1.03 bits per heavy atom. The summed E-state index contributed by atoms with van der Waals surface area (Å²) < 4.78 is 171. The van der Waals surface area contributed by atoms with Gasteiger partial charge in [0.05, 0.1) is 79.8 Å². The molecule has 35 heteroatoms. The maximum atomic E-state index is 12.5. The molecule has 4 aromatic carbocycles. The van der Waals surface area contributed by atoms with Gasteiger partial charge in [0.2, 0.25) is 10.7 Å². The summed E-state index contributed by atoms with van der Waals surface area (Å²) in [6.07, 6.45) is 4.93. The predicted molar refractivity (Wildman–Crippen MR) is 373 cm³/mol. The van der Waals surface area contributed by atoms with Gasteiger partial charge in [-0.05, 0) is 136 Å². The molecule has 11 rings (SSSR count). The van der Waals surface area contributed by atoms with Gasteiger partial charge in [-0.25, -0.2) is 57.6 Å². The normalized spacial score (nSPS) is 18.2. The van der Waals surface area contributed by atoms with Gasteiger partial charge in [-0.3, -0.25) is 18.8 Å². The summed E-state index contributed by atoms with van der Waals surface area (Å²) in [5.74, 6) is -4.16. The number of carboxylic acids is 1. The molecule has 1 fully saturated rings. The molecule has 2 atom stereocenters. The number of aliphatic carboxylic acids is 1. The molecule has 7 aliphatic heterocycles. The van der Waals surface area contributed by atoms with Crippen LogP contribution in [0.3, 0.4) is 0 Å². The second-order valence-electron chi connectivity index (χ2n) is 28.6. The molecule has 2 N–H and O–H groups in total. The Morgan fingerprint density at radius 3 is 1.38 bits per heavy atom. The van der Waals surface area contributed by atoms with E-state index in [1.54, 1.807) is 29.2 Å². The number of amides is 2. The van der Waals surface area contributed by atoms with Crippen molar-refractivity contribution < 1.29 is 160 Å². The number of imide groups is 1. The zero-order chi connectivity index (χ0) is 75.9. The van der Waals surface area contributed by atoms with Crippen molar-refractivity contribution in [3.05, 3.63) is 92.2 Å². The third-order valence-electron chi connectivity index (χ3n) is 19.4. The predicted octanol–water partition coefficient (Wildman–Crippen LogP) is -1.98. The van der Waals surface area contributed by atoms with E-state index >= 15 is 0 Å². The van der Waals surface area contributed by atoms with Crippen molar-refractivity contribution in [3.63, 3.8) is 0 Å². The summed E-state index contributed by atoms with van der Waals surface area (Å²) in [6.45, 7) is 23.3. The molecule has 0 aromatic heterocycles. The molecular formula is C69H94FN8Na2O20S4+. The van der Waals surface area contributed by atoms with E-state index in [9.17, 15) is 80.6 Å². The zero-order valence-electron chi connectivity index (χ0n) is 62.2. The maximum absolute atomic E-state index is 12.5. The van der Waals surface area contributed by atoms with Gasteiger partial charge in [-0.2, -0.15) is 0 Å². The van der Waals surface area contributed by atoms with E-state index in [0.717, 1.165) is 66.2 Å². The number of rotatable bonds is 24. The molecule has 7 heterocycles. The fourth-order valence-electron chi connectivity index (χ4n) is 15.1. The molecule has 0 saturated carbocycles. The molecule has 2 unspecified atom stereocenters. The van der Waals surface area contributed by atoms with Crippen molar-refractivity contribution in [2.24, 2.45) is 9.98 Å². The molecular weight excluding hydrogens is 1450 g/mol. The number of fused-ring (bicyclic) bond motifs is 8. The quantitative estimate of drug-likeness (QED) is 0.0287. The van der Waals surface area contributed by atoms with E-state index in [1.165, 1.54) is 6.54 Å². The SMILES string of the molecule is CC1(C)CC(CS(=O)(=O)[O-])c2cc3c(cc2N1CCCC(=O)O)Oc1cc2c(cc1=N3)CCC[N+]=2CCCS(=O)(=O)[O-].CC1(C)CC(CS(=O)(=O)[O-])c2cc3c(cc2N1CCCC(=O)ON1C(=O)CCC1=O)Oc1cc2c(cc1=N3)CCC[N+]=2CCCS(=O)(=O)[O-].CC[NH+](C(C)C)C(C)C.[2H]CF.[Na+].[Na+]. The van der Waals surface area contributed by atoms with Crippen molar-refractivity contribution in [1.82, 2.24) is 14.2 Å². The minimum absolute atomic E-state index is 0. The Morgan fingerprint density at radius 1 is 0.635 bits per heavy atom. The second kappa shape index (κ2) is 36.4. The third-order valence-corrected chi connectivity index (χ3v) is 22.6. The van der Waals surface area contributed by atoms with Gasteiger partial charge in [-0.15, -0.1) is 5.06 Å². The summed E-state index contributed by atoms with van der Waals surface area (Å²) in [7, 11) is -18.7. The molecule has 1 saturated heterocycles. The van der Waals surface area contributed by atoms with Crippen LogP contribution in [0.15, 0.2) is 58.5 Å². The molecule has 0 spiro atoms. The summed E-state index contributed by atoms with van der Waals surface area (Å²) >= 11 is 0. The Kier molecular flexibility index (Phi) is 30.1. The summed E-state index contributed by atoms with van der Waals surface area (Å²) in [6, 6.07) is 16.2. The number of nitrogens with one attached hydrogen (secondary N) is 1. The first-order valence-electron chi connectivity index (χ1n) is 35.1. The van der Waals surface area contributed by atoms with Gasteiger partial charge < -0.3 is 52.3 Å². The van der Waals surface area contributed by atoms with E-state index in [4.69, 9.17) is 25.7 Å². The Hall–Kier alpha value is -5.11. The van der Waals surface area contributed by atoms with Crippen LogP contribution in [0.4, 0.5) is 27.1 Å². The second-order valence-corrected chi connectivity index (χ2v) is 34.5. The molecule has 0 bridgehead atoms. The van der Waals surface area contributed by atoms with Gasteiger partial charge in [0.1, 0.15) is 48.3 Å². The Labute approximate surface area is 654 Å². The van der Waals surface area contributed by atoms with Crippen LogP contribution in [-0.2, 0) is 77.3 Å². The number of hydrogen-bond acceptors (Lipinski definition) is 23. The molecule has 0 radical (unpaired) electrons. The maximum Gasteiger partial charge on any atom is 1.00 e. The fraction of sp³-hybridized carbons (Fsp3) is 0.594. The number of anilines is 2. The van der Waals surface area contributed by atoms with E-state index in [2.05, 4.69) is 44.1 Å². The van der Waals surface area contributed by atoms with Crippen LogP contribution in [-0.4, -0.2) is 185 Å². The van der Waals surface area contributed by atoms with Crippen LogP contribution < -0.4 is 114 Å². The molecule has 2 amide bonds. The number of quaternary nitrogens is 1. The van der Waals surface area contributed by atoms with Crippen LogP contribution in [0.2, 0.25) is 0 Å². The summed E-state index contributed by atoms with van der Waals surface area (Å²) in [5, 5.41) is 12.6. The topological polar surface area (TPSA) is 390 Å². The van der Waals surface area contributed by atoms with E-state index in [-0.39, 0.29) is 104 Å². The Balaban J connectivity index is 0.000000282. The molecule has 7 aliphatic rings. The van der Waals surface area contributed by atoms with Crippen molar-refractivity contribution in [3.8, 4) is 23.0 Å². The number of carbonyl (C=O) groups is 4. The first kappa shape index (κ1) is 86.1. The van der Waals surface area contributed by atoms with Crippen molar-refractivity contribution in [1.29, 1.82) is 0 Å². The van der Waals surface area contributed by atoms with Crippen LogP contribution in [0.1, 0.15) is 175 Å². The number of benzene rings is 4. The molecule has 4 aromatic rings. The standard InChI is InChI=1S/C32H38N4O11S2.C28H35N3O9S2.C8H19N.CH3F.2Na/c1-32(2)18-21(19-49(43,44)45)22-15-24-28(17-26(22)35(32)12-4-7-31(39)47-36-29(37)8-9-30(36)38)46-27-16-25-20(14-23(27)33-24)6-3-10-34(25)11-5-13-48(40,41)42;1-28(2)16-19(17-42(37,38)39)20-13-22-26(15-24(20)31(28)10-4-7-27(32)33)40-25-14-23-18(12-21(25)29-22)6-3-8-30(23)9-5-11-41(34,35)36;1-6-9(7(2)3)8(4)5;1-2;;/h14-17,21H,3-13,18-19H2,1-2H3,(H-,40,41,42,43,44,45);12-15,19H,3-11,16-17H2,1-2H3,(H2-,32,33,34,35,36,37,38,39);7-8H,6H2,1-5H3;1H3;;/q;;;;2*+1/p-1/i;;;1D;;. The fourth-order valence-corrected chi connectivity index (χ4v) is 17.7. The summed E-state index contributed by atoms with van der Waals surface area (Å²) in [5.41, 5.74) is 4.38. The van der Waals surface area contributed by atoms with Gasteiger partial charge in [0.25, 0.3) is 11.8 Å². The minimum Gasteiger partial charge on any atom is -0.748 e. The average Bonchev–Trinajstić information content (AvgIpc) is 1.05. The number of carbonyl (C=O) groups excluding carboxylic acids is 3. The third kappa shape index (κ3) is 23.2. The van der Waals surface area contributed by atoms with Crippen LogP contribution in [0.5, 0.6) is 23.0 Å². The molecule has 28 nitrogen and oxygen atoms in total. The number of halogens is 1. The van der Waals surface area contributed by atoms with Crippen molar-refractivity contribution >= 4 is 87.0 Å². The molecule has 562 valence electrons. The van der Waals surface area contributed by atoms with Gasteiger partial charge >= 0.3 is 71.1 Å². The van der Waals surface area contributed by atoms with Crippen LogP contribution in [0.25, 0.3) is 0 Å². The van der Waals surface area contributed by atoms with E-state index < -0.39 is 117 Å². The number of hydroxylamine groups is 2. The number of alkyl halides is 1. The zero-order valence-corrected chi connectivity index (χ0v) is 68.4.